The molecular formula is C21H16N2O3S2. The van der Waals surface area contributed by atoms with Crippen molar-refractivity contribution in [1.82, 2.24) is 9.55 Å². The average molecular weight is 409 g/mol. The Hall–Kier alpha value is -2.77. The van der Waals surface area contributed by atoms with Gasteiger partial charge in [0.05, 0.1) is 12.1 Å². The maximum atomic E-state index is 13.1. The van der Waals surface area contributed by atoms with Crippen LogP contribution in [0.25, 0.3) is 10.2 Å². The number of benzene rings is 2. The minimum Gasteiger partial charge on any atom is -0.454 e. The van der Waals surface area contributed by atoms with E-state index in [0.717, 1.165) is 27.7 Å². The van der Waals surface area contributed by atoms with Crippen molar-refractivity contribution in [2.24, 2.45) is 0 Å². The molecule has 3 heterocycles. The second-order valence-corrected chi connectivity index (χ2v) is 8.24. The Morgan fingerprint density at radius 2 is 1.89 bits per heavy atom. The molecule has 5 rings (SSSR count). The summed E-state index contributed by atoms with van der Waals surface area (Å²) in [5.41, 5.74) is 2.92. The van der Waals surface area contributed by atoms with E-state index >= 15 is 0 Å². The van der Waals surface area contributed by atoms with Gasteiger partial charge < -0.3 is 9.47 Å². The standard InChI is InChI=1S/C21H16N2O3S2/c24-20-19-16(8-9-27-19)22-21(28-12-14-4-2-1-3-5-14)23(20)11-15-6-7-17-18(10-15)26-13-25-17/h1-10H,11-13H2. The first-order valence-corrected chi connectivity index (χ1v) is 10.7. The smallest absolute Gasteiger partial charge is 0.272 e. The molecule has 0 amide bonds. The molecule has 0 aliphatic carbocycles. The third kappa shape index (κ3) is 3.27. The van der Waals surface area contributed by atoms with Crippen molar-refractivity contribution < 1.29 is 9.47 Å². The Labute approximate surface area is 169 Å². The Morgan fingerprint density at radius 3 is 2.79 bits per heavy atom. The molecule has 0 saturated carbocycles. The Bertz CT molecular complexity index is 1200. The van der Waals surface area contributed by atoms with E-state index in [0.29, 0.717) is 17.0 Å². The van der Waals surface area contributed by atoms with Crippen LogP contribution in [0.15, 0.2) is 69.9 Å². The molecule has 0 fully saturated rings. The second-order valence-electron chi connectivity index (χ2n) is 6.38. The number of nitrogens with zero attached hydrogens (tertiary/aromatic N) is 2. The van der Waals surface area contributed by atoms with Gasteiger partial charge in [-0.1, -0.05) is 48.2 Å². The molecule has 28 heavy (non-hydrogen) atoms. The summed E-state index contributed by atoms with van der Waals surface area (Å²) < 4.78 is 13.3. The summed E-state index contributed by atoms with van der Waals surface area (Å²) in [5.74, 6) is 2.21. The summed E-state index contributed by atoms with van der Waals surface area (Å²) in [6.07, 6.45) is 0. The first-order valence-electron chi connectivity index (χ1n) is 8.81. The van der Waals surface area contributed by atoms with Crippen LogP contribution in [0.1, 0.15) is 11.1 Å². The van der Waals surface area contributed by atoms with Crippen molar-refractivity contribution in [3.63, 3.8) is 0 Å². The number of hydrogen-bond donors (Lipinski definition) is 0. The van der Waals surface area contributed by atoms with Crippen LogP contribution in [-0.4, -0.2) is 16.3 Å². The fraction of sp³-hybridized carbons (Fsp3) is 0.143. The van der Waals surface area contributed by atoms with E-state index < -0.39 is 0 Å². The minimum absolute atomic E-state index is 0.00627. The molecule has 0 spiro atoms. The lowest BCUT2D eigenvalue weighted by Crippen LogP contribution is -2.23. The van der Waals surface area contributed by atoms with Gasteiger partial charge in [-0.05, 0) is 34.7 Å². The molecule has 140 valence electrons. The van der Waals surface area contributed by atoms with Gasteiger partial charge in [-0.2, -0.15) is 0 Å². The highest BCUT2D eigenvalue weighted by atomic mass is 32.2. The topological polar surface area (TPSA) is 53.4 Å². The number of rotatable bonds is 5. The molecule has 0 N–H and O–H groups in total. The van der Waals surface area contributed by atoms with Crippen molar-refractivity contribution >= 4 is 33.3 Å². The van der Waals surface area contributed by atoms with Gasteiger partial charge in [0.2, 0.25) is 6.79 Å². The van der Waals surface area contributed by atoms with Crippen LogP contribution in [-0.2, 0) is 12.3 Å². The molecule has 1 aliphatic heterocycles. The molecule has 0 radical (unpaired) electrons. The molecule has 5 nitrogen and oxygen atoms in total. The molecule has 0 bridgehead atoms. The van der Waals surface area contributed by atoms with Gasteiger partial charge >= 0.3 is 0 Å². The normalized spacial score (nSPS) is 12.6. The van der Waals surface area contributed by atoms with Gasteiger partial charge in [-0.3, -0.25) is 9.36 Å². The molecule has 2 aromatic heterocycles. The third-order valence-corrected chi connectivity index (χ3v) is 6.46. The zero-order valence-corrected chi connectivity index (χ0v) is 16.5. The van der Waals surface area contributed by atoms with Gasteiger partial charge in [-0.25, -0.2) is 4.98 Å². The molecule has 0 saturated heterocycles. The van der Waals surface area contributed by atoms with E-state index in [9.17, 15) is 4.79 Å². The van der Waals surface area contributed by atoms with E-state index in [1.54, 1.807) is 16.3 Å². The third-order valence-electron chi connectivity index (χ3n) is 4.52. The van der Waals surface area contributed by atoms with Crippen LogP contribution in [0.2, 0.25) is 0 Å². The van der Waals surface area contributed by atoms with Gasteiger partial charge in [0, 0.05) is 5.75 Å². The van der Waals surface area contributed by atoms with Crippen LogP contribution >= 0.6 is 23.1 Å². The Balaban J connectivity index is 1.52. The Morgan fingerprint density at radius 1 is 1.04 bits per heavy atom. The highest BCUT2D eigenvalue weighted by Gasteiger charge is 2.16. The fourth-order valence-corrected chi connectivity index (χ4v) is 4.85. The first-order chi connectivity index (χ1) is 13.8. The second kappa shape index (κ2) is 7.33. The predicted molar refractivity (Wildman–Crippen MR) is 112 cm³/mol. The molecule has 0 unspecified atom stereocenters. The number of thioether (sulfide) groups is 1. The predicted octanol–water partition coefficient (Wildman–Crippen LogP) is 4.53. The zero-order chi connectivity index (χ0) is 18.9. The maximum absolute atomic E-state index is 13.1. The number of aromatic nitrogens is 2. The molecule has 2 aromatic carbocycles. The molecule has 4 aromatic rings. The van der Waals surface area contributed by atoms with Gasteiger partial charge in [0.25, 0.3) is 5.56 Å². The highest BCUT2D eigenvalue weighted by Crippen LogP contribution is 2.33. The van der Waals surface area contributed by atoms with Gasteiger partial charge in [0.1, 0.15) is 4.70 Å². The van der Waals surface area contributed by atoms with Gasteiger partial charge in [0.15, 0.2) is 16.7 Å². The SMILES string of the molecule is O=c1c2sccc2nc(SCc2ccccc2)n1Cc1ccc2c(c1)OCO2. The first kappa shape index (κ1) is 17.3. The molecule has 1 aliphatic rings. The fourth-order valence-electron chi connectivity index (χ4n) is 3.12. The number of fused-ring (bicyclic) bond motifs is 2. The van der Waals surface area contributed by atoms with Crippen molar-refractivity contribution in [2.45, 2.75) is 17.5 Å². The van der Waals surface area contributed by atoms with Crippen molar-refractivity contribution in [2.75, 3.05) is 6.79 Å². The quantitative estimate of drug-likeness (QED) is 0.359. The largest absolute Gasteiger partial charge is 0.454 e. The van der Waals surface area contributed by atoms with Gasteiger partial charge in [-0.15, -0.1) is 11.3 Å². The van der Waals surface area contributed by atoms with Crippen LogP contribution < -0.4 is 15.0 Å². The molecule has 0 atom stereocenters. The van der Waals surface area contributed by atoms with Crippen LogP contribution in [0.4, 0.5) is 0 Å². The lowest BCUT2D eigenvalue weighted by Gasteiger charge is -2.12. The number of ether oxygens (including phenoxy) is 2. The molecular weight excluding hydrogens is 392 g/mol. The lowest BCUT2D eigenvalue weighted by molar-refractivity contribution is 0.174. The summed E-state index contributed by atoms with van der Waals surface area (Å²) >= 11 is 3.01. The van der Waals surface area contributed by atoms with E-state index in [1.165, 1.54) is 16.9 Å². The monoisotopic (exact) mass is 408 g/mol. The van der Waals surface area contributed by atoms with E-state index in [2.05, 4.69) is 12.1 Å². The van der Waals surface area contributed by atoms with E-state index in [-0.39, 0.29) is 12.4 Å². The van der Waals surface area contributed by atoms with Crippen LogP contribution in [0.3, 0.4) is 0 Å². The summed E-state index contributed by atoms with van der Waals surface area (Å²) in [5, 5.41) is 2.63. The molecule has 7 heteroatoms. The van der Waals surface area contributed by atoms with Crippen molar-refractivity contribution in [3.05, 3.63) is 81.5 Å². The maximum Gasteiger partial charge on any atom is 0.272 e. The number of hydrogen-bond acceptors (Lipinski definition) is 6. The minimum atomic E-state index is -0.00627. The lowest BCUT2D eigenvalue weighted by atomic mass is 10.2. The van der Waals surface area contributed by atoms with E-state index in [1.807, 2.05) is 47.8 Å². The zero-order valence-electron chi connectivity index (χ0n) is 14.8. The summed E-state index contributed by atoms with van der Waals surface area (Å²) in [4.78, 5) is 17.9. The van der Waals surface area contributed by atoms with Crippen LogP contribution in [0.5, 0.6) is 11.5 Å². The van der Waals surface area contributed by atoms with Crippen LogP contribution in [0, 0.1) is 0 Å². The van der Waals surface area contributed by atoms with Crippen molar-refractivity contribution in [1.29, 1.82) is 0 Å². The highest BCUT2D eigenvalue weighted by molar-refractivity contribution is 7.98. The average Bonchev–Trinajstić information content (AvgIpc) is 3.38. The van der Waals surface area contributed by atoms with Crippen molar-refractivity contribution in [3.8, 4) is 11.5 Å². The van der Waals surface area contributed by atoms with E-state index in [4.69, 9.17) is 14.5 Å². The summed E-state index contributed by atoms with van der Waals surface area (Å²) in [6.45, 7) is 0.674. The Kier molecular flexibility index (Phi) is 4.54. The number of thiophene rings is 1. The summed E-state index contributed by atoms with van der Waals surface area (Å²) in [7, 11) is 0. The summed E-state index contributed by atoms with van der Waals surface area (Å²) in [6, 6.07) is 17.9.